The third-order valence-corrected chi connectivity index (χ3v) is 2.97. The van der Waals surface area contributed by atoms with Gasteiger partial charge >= 0.3 is 7.12 Å². The first-order valence-corrected chi connectivity index (χ1v) is 6.65. The average molecular weight is 239 g/mol. The summed E-state index contributed by atoms with van der Waals surface area (Å²) in [6.45, 7) is 1.87. The van der Waals surface area contributed by atoms with Gasteiger partial charge in [-0.2, -0.15) is 11.8 Å². The van der Waals surface area contributed by atoms with Crippen LogP contribution in [0, 0.1) is 0 Å². The second-order valence-electron chi connectivity index (χ2n) is 3.85. The Morgan fingerprint density at radius 2 is 2.12 bits per heavy atom. The fourth-order valence-electron chi connectivity index (χ4n) is 1.49. The van der Waals surface area contributed by atoms with Crippen LogP contribution in [-0.4, -0.2) is 47.7 Å². The first-order valence-electron chi connectivity index (χ1n) is 5.26. The Morgan fingerprint density at radius 1 is 1.38 bits per heavy atom. The molecule has 0 heterocycles. The maximum Gasteiger partial charge on any atom is 0.488 e. The summed E-state index contributed by atoms with van der Waals surface area (Å²) in [7, 11) is 0.689. The van der Waals surface area contributed by atoms with Gasteiger partial charge in [0.05, 0.1) is 0 Å². The van der Waals surface area contributed by atoms with E-state index >= 15 is 0 Å². The molecule has 1 rings (SSSR count). The van der Waals surface area contributed by atoms with Gasteiger partial charge in [-0.3, -0.25) is 0 Å². The Morgan fingerprint density at radius 3 is 2.75 bits per heavy atom. The van der Waals surface area contributed by atoms with Crippen LogP contribution in [-0.2, 0) is 6.54 Å². The molecule has 0 aliphatic heterocycles. The van der Waals surface area contributed by atoms with Gasteiger partial charge in [0.15, 0.2) is 0 Å². The van der Waals surface area contributed by atoms with Gasteiger partial charge in [0, 0.05) is 18.8 Å². The molecule has 1 aromatic rings. The van der Waals surface area contributed by atoms with Gasteiger partial charge < -0.3 is 14.9 Å². The summed E-state index contributed by atoms with van der Waals surface area (Å²) in [4.78, 5) is 2.22. The molecule has 0 unspecified atom stereocenters. The molecule has 16 heavy (non-hydrogen) atoms. The van der Waals surface area contributed by atoms with E-state index in [0.29, 0.717) is 5.46 Å². The van der Waals surface area contributed by atoms with Crippen molar-refractivity contribution in [2.45, 2.75) is 6.54 Å². The van der Waals surface area contributed by atoms with E-state index in [9.17, 15) is 0 Å². The summed E-state index contributed by atoms with van der Waals surface area (Å²) in [5.74, 6) is 1.11. The molecule has 0 fully saturated rings. The van der Waals surface area contributed by atoms with E-state index in [1.807, 2.05) is 30.0 Å². The van der Waals surface area contributed by atoms with Crippen molar-refractivity contribution in [3.63, 3.8) is 0 Å². The zero-order chi connectivity index (χ0) is 12.0. The molecule has 0 atom stereocenters. The lowest BCUT2D eigenvalue weighted by Gasteiger charge is -2.16. The summed E-state index contributed by atoms with van der Waals surface area (Å²) < 4.78 is 0. The Hall–Kier alpha value is -0.485. The van der Waals surface area contributed by atoms with Crippen molar-refractivity contribution in [3.05, 3.63) is 29.8 Å². The highest BCUT2D eigenvalue weighted by Gasteiger charge is 2.11. The van der Waals surface area contributed by atoms with E-state index in [4.69, 9.17) is 10.0 Å². The smallest absolute Gasteiger partial charge is 0.423 e. The van der Waals surface area contributed by atoms with E-state index in [-0.39, 0.29) is 0 Å². The van der Waals surface area contributed by atoms with E-state index in [2.05, 4.69) is 18.2 Å². The molecule has 0 saturated carbocycles. The average Bonchev–Trinajstić information content (AvgIpc) is 2.26. The van der Waals surface area contributed by atoms with E-state index in [1.165, 1.54) is 0 Å². The lowest BCUT2D eigenvalue weighted by molar-refractivity contribution is 0.349. The third-order valence-electron chi connectivity index (χ3n) is 2.38. The molecule has 0 saturated heterocycles. The Bertz CT molecular complexity index is 323. The monoisotopic (exact) mass is 239 g/mol. The van der Waals surface area contributed by atoms with Gasteiger partial charge in [-0.1, -0.05) is 24.3 Å². The normalized spacial score (nSPS) is 10.8. The first-order chi connectivity index (χ1) is 7.63. The summed E-state index contributed by atoms with van der Waals surface area (Å²) in [6, 6.07) is 7.41. The summed E-state index contributed by atoms with van der Waals surface area (Å²) >= 11 is 1.83. The van der Waals surface area contributed by atoms with Crippen molar-refractivity contribution in [1.82, 2.24) is 4.90 Å². The number of thioether (sulfide) groups is 1. The van der Waals surface area contributed by atoms with Crippen LogP contribution in [0.2, 0.25) is 0 Å². The van der Waals surface area contributed by atoms with Crippen molar-refractivity contribution >= 4 is 24.3 Å². The van der Waals surface area contributed by atoms with Crippen LogP contribution < -0.4 is 5.46 Å². The van der Waals surface area contributed by atoms with Crippen LogP contribution in [0.25, 0.3) is 0 Å². The fourth-order valence-corrected chi connectivity index (χ4v) is 1.98. The molecule has 1 aromatic carbocycles. The largest absolute Gasteiger partial charge is 0.488 e. The Balaban J connectivity index is 2.56. The highest BCUT2D eigenvalue weighted by Crippen LogP contribution is 2.03. The summed E-state index contributed by atoms with van der Waals surface area (Å²) in [6.07, 6.45) is 2.09. The first kappa shape index (κ1) is 13.6. The topological polar surface area (TPSA) is 43.7 Å². The SMILES string of the molecule is CSCCN(C)Cc1cccc(B(O)O)c1. The van der Waals surface area contributed by atoms with Crippen molar-refractivity contribution in [3.8, 4) is 0 Å². The fraction of sp³-hybridized carbons (Fsp3) is 0.455. The maximum absolute atomic E-state index is 9.06. The van der Waals surface area contributed by atoms with Crippen LogP contribution in [0.1, 0.15) is 5.56 Å². The Kier molecular flexibility index (Phi) is 5.91. The van der Waals surface area contributed by atoms with Crippen LogP contribution in [0.5, 0.6) is 0 Å². The zero-order valence-corrected chi connectivity index (χ0v) is 10.6. The quantitative estimate of drug-likeness (QED) is 0.694. The zero-order valence-electron chi connectivity index (χ0n) is 9.76. The minimum absolute atomic E-state index is 0.552. The highest BCUT2D eigenvalue weighted by molar-refractivity contribution is 7.98. The number of nitrogens with zero attached hydrogens (tertiary/aromatic N) is 1. The number of benzene rings is 1. The van der Waals surface area contributed by atoms with Gasteiger partial charge in [-0.05, 0) is 24.3 Å². The van der Waals surface area contributed by atoms with Gasteiger partial charge in [0.25, 0.3) is 0 Å². The molecular formula is C11H18BNO2S. The highest BCUT2D eigenvalue weighted by atomic mass is 32.2. The summed E-state index contributed by atoms with van der Waals surface area (Å²) in [5, 5.41) is 18.1. The summed E-state index contributed by atoms with van der Waals surface area (Å²) in [5.41, 5.74) is 1.66. The van der Waals surface area contributed by atoms with Crippen LogP contribution >= 0.6 is 11.8 Å². The van der Waals surface area contributed by atoms with Crippen LogP contribution in [0.15, 0.2) is 24.3 Å². The lowest BCUT2D eigenvalue weighted by Crippen LogP contribution is -2.30. The van der Waals surface area contributed by atoms with Gasteiger partial charge in [0.2, 0.25) is 0 Å². The molecule has 88 valence electrons. The molecule has 0 amide bonds. The van der Waals surface area contributed by atoms with Crippen molar-refractivity contribution in [2.24, 2.45) is 0 Å². The lowest BCUT2D eigenvalue weighted by atomic mass is 9.79. The molecule has 0 radical (unpaired) electrons. The number of hydrogen-bond donors (Lipinski definition) is 2. The standard InChI is InChI=1S/C11H18BNO2S/c1-13(6-7-16-2)9-10-4-3-5-11(8-10)12(14)15/h3-5,8,14-15H,6-7,9H2,1-2H3. The van der Waals surface area contributed by atoms with Crippen molar-refractivity contribution in [2.75, 3.05) is 25.6 Å². The molecule has 0 spiro atoms. The second kappa shape index (κ2) is 6.96. The predicted octanol–water partition coefficient (Wildman–Crippen LogP) is 0.161. The molecule has 2 N–H and O–H groups in total. The molecule has 0 bridgehead atoms. The maximum atomic E-state index is 9.06. The van der Waals surface area contributed by atoms with Gasteiger partial charge in [-0.25, -0.2) is 0 Å². The van der Waals surface area contributed by atoms with Crippen LogP contribution in [0.3, 0.4) is 0 Å². The Labute approximate surface area is 102 Å². The molecular weight excluding hydrogens is 221 g/mol. The third kappa shape index (κ3) is 4.57. The second-order valence-corrected chi connectivity index (χ2v) is 4.83. The van der Waals surface area contributed by atoms with Crippen LogP contribution in [0.4, 0.5) is 0 Å². The van der Waals surface area contributed by atoms with Crippen molar-refractivity contribution in [1.29, 1.82) is 0 Å². The molecule has 0 aromatic heterocycles. The van der Waals surface area contributed by atoms with Gasteiger partial charge in [-0.15, -0.1) is 0 Å². The van der Waals surface area contributed by atoms with Crippen molar-refractivity contribution < 1.29 is 10.0 Å². The van der Waals surface area contributed by atoms with E-state index in [0.717, 1.165) is 24.4 Å². The number of rotatable bonds is 6. The van der Waals surface area contributed by atoms with E-state index < -0.39 is 7.12 Å². The molecule has 3 nitrogen and oxygen atoms in total. The molecule has 0 aliphatic rings. The molecule has 0 aliphatic carbocycles. The van der Waals surface area contributed by atoms with Gasteiger partial charge in [0.1, 0.15) is 0 Å². The minimum atomic E-state index is -1.38. The van der Waals surface area contributed by atoms with E-state index in [1.54, 1.807) is 6.07 Å². The number of hydrogen-bond acceptors (Lipinski definition) is 4. The predicted molar refractivity (Wildman–Crippen MR) is 71.0 cm³/mol. The minimum Gasteiger partial charge on any atom is -0.423 e. The molecule has 5 heteroatoms.